The molecule has 0 saturated heterocycles. The average molecular weight is 281 g/mol. The van der Waals surface area contributed by atoms with Crippen LogP contribution in [0.5, 0.6) is 11.5 Å². The van der Waals surface area contributed by atoms with E-state index in [4.69, 9.17) is 28.1 Å². The molecule has 0 fully saturated rings. The second kappa shape index (κ2) is 7.59. The lowest BCUT2D eigenvalue weighted by atomic mass is 10.1. The lowest BCUT2D eigenvalue weighted by Crippen LogP contribution is -2.15. The van der Waals surface area contributed by atoms with E-state index in [-0.39, 0.29) is 12.4 Å². The van der Waals surface area contributed by atoms with E-state index in [0.29, 0.717) is 18.6 Å². The van der Waals surface area contributed by atoms with E-state index in [2.05, 4.69) is 11.2 Å². The van der Waals surface area contributed by atoms with Crippen LogP contribution < -0.4 is 14.8 Å². The van der Waals surface area contributed by atoms with E-state index in [1.807, 2.05) is 0 Å². The number of nitrogens with one attached hydrogen (secondary N) is 1. The highest BCUT2D eigenvalue weighted by atomic mass is 32.1. The summed E-state index contributed by atoms with van der Waals surface area (Å²) in [6, 6.07) is 3.14. The maximum Gasteiger partial charge on any atom is 0.198 e. The zero-order valence-corrected chi connectivity index (χ0v) is 11.8. The molecular weight excluding hydrogens is 265 g/mol. The van der Waals surface area contributed by atoms with Crippen molar-refractivity contribution in [2.75, 3.05) is 20.8 Å². The number of hydrogen-bond acceptors (Lipinski definition) is 3. The van der Waals surface area contributed by atoms with Gasteiger partial charge in [-0.2, -0.15) is 0 Å². The molecule has 5 heteroatoms. The molecule has 1 aromatic rings. The Morgan fingerprint density at radius 3 is 2.84 bits per heavy atom. The van der Waals surface area contributed by atoms with Gasteiger partial charge in [0.15, 0.2) is 17.3 Å². The van der Waals surface area contributed by atoms with Crippen molar-refractivity contribution in [3.63, 3.8) is 0 Å². The third-order valence-electron chi connectivity index (χ3n) is 2.51. The summed E-state index contributed by atoms with van der Waals surface area (Å²) in [5, 5.41) is 2.88. The topological polar surface area (TPSA) is 30.5 Å². The number of ether oxygens (including phenoxy) is 2. The number of halogens is 1. The number of thiocarbonyl (C=S) groups is 1. The highest BCUT2D eigenvalue weighted by Crippen LogP contribution is 2.32. The van der Waals surface area contributed by atoms with Crippen molar-refractivity contribution >= 4 is 17.2 Å². The third-order valence-corrected chi connectivity index (χ3v) is 2.92. The van der Waals surface area contributed by atoms with Crippen molar-refractivity contribution in [2.45, 2.75) is 12.8 Å². The molecule has 0 aromatic heterocycles. The Hall–Kier alpha value is -1.80. The summed E-state index contributed by atoms with van der Waals surface area (Å²) in [5.41, 5.74) is 0.792. The van der Waals surface area contributed by atoms with Gasteiger partial charge < -0.3 is 14.8 Å². The quantitative estimate of drug-likeness (QED) is 0.640. The fraction of sp³-hybridized carbons (Fsp3) is 0.357. The molecule has 0 saturated carbocycles. The van der Waals surface area contributed by atoms with Gasteiger partial charge in [-0.25, -0.2) is 4.39 Å². The van der Waals surface area contributed by atoms with Crippen LogP contribution in [0.15, 0.2) is 12.1 Å². The summed E-state index contributed by atoms with van der Waals surface area (Å²) in [4.78, 5) is 0.729. The van der Waals surface area contributed by atoms with Gasteiger partial charge in [-0.1, -0.05) is 18.1 Å². The van der Waals surface area contributed by atoms with Crippen molar-refractivity contribution in [1.82, 2.24) is 5.32 Å². The molecule has 1 rings (SSSR count). The first-order valence-electron chi connectivity index (χ1n) is 5.75. The Bertz CT molecular complexity index is 497. The van der Waals surface area contributed by atoms with Crippen LogP contribution in [0.4, 0.5) is 4.39 Å². The van der Waals surface area contributed by atoms with Crippen LogP contribution in [-0.4, -0.2) is 25.8 Å². The molecule has 19 heavy (non-hydrogen) atoms. The lowest BCUT2D eigenvalue weighted by molar-refractivity contribution is 0.313. The molecule has 3 nitrogen and oxygen atoms in total. The Morgan fingerprint density at radius 1 is 1.53 bits per heavy atom. The first-order valence-corrected chi connectivity index (χ1v) is 6.16. The van der Waals surface area contributed by atoms with Gasteiger partial charge >= 0.3 is 0 Å². The fourth-order valence-corrected chi connectivity index (χ4v) is 1.66. The van der Waals surface area contributed by atoms with Crippen LogP contribution >= 0.6 is 12.2 Å². The van der Waals surface area contributed by atoms with Crippen molar-refractivity contribution in [3.05, 3.63) is 23.5 Å². The molecule has 0 atom stereocenters. The predicted octanol–water partition coefficient (Wildman–Crippen LogP) is 2.33. The second-order valence-electron chi connectivity index (χ2n) is 3.78. The molecule has 102 valence electrons. The molecule has 0 aliphatic heterocycles. The molecule has 0 aliphatic carbocycles. The average Bonchev–Trinajstić information content (AvgIpc) is 2.42. The van der Waals surface area contributed by atoms with Gasteiger partial charge in [0.05, 0.1) is 12.1 Å². The largest absolute Gasteiger partial charge is 0.493 e. The second-order valence-corrected chi connectivity index (χ2v) is 4.27. The molecule has 0 spiro atoms. The first-order chi connectivity index (χ1) is 9.12. The minimum Gasteiger partial charge on any atom is -0.493 e. The van der Waals surface area contributed by atoms with Gasteiger partial charge in [0.1, 0.15) is 6.61 Å². The molecule has 0 radical (unpaired) electrons. The third kappa shape index (κ3) is 4.42. The van der Waals surface area contributed by atoms with Gasteiger partial charge in [-0.3, -0.25) is 0 Å². The highest BCUT2D eigenvalue weighted by molar-refractivity contribution is 7.80. The highest BCUT2D eigenvalue weighted by Gasteiger charge is 2.13. The van der Waals surface area contributed by atoms with Gasteiger partial charge in [0.25, 0.3) is 0 Å². The van der Waals surface area contributed by atoms with Gasteiger partial charge in [0, 0.05) is 13.5 Å². The minimum absolute atomic E-state index is 0.00350. The zero-order chi connectivity index (χ0) is 14.3. The molecule has 1 N–H and O–H groups in total. The smallest absolute Gasteiger partial charge is 0.198 e. The summed E-state index contributed by atoms with van der Waals surface area (Å²) in [5.74, 6) is 2.18. The first kappa shape index (κ1) is 15.3. The number of aryl methyl sites for hydroxylation is 1. The maximum absolute atomic E-state index is 13.9. The summed E-state index contributed by atoms with van der Waals surface area (Å²) >= 11 is 5.05. The van der Waals surface area contributed by atoms with Gasteiger partial charge in [0.2, 0.25) is 0 Å². The van der Waals surface area contributed by atoms with Crippen LogP contribution in [0, 0.1) is 18.2 Å². The summed E-state index contributed by atoms with van der Waals surface area (Å²) in [7, 11) is 3.22. The summed E-state index contributed by atoms with van der Waals surface area (Å²) in [6.07, 6.45) is 6.36. The standard InChI is InChI=1S/C14H16FNO2S/c1-4-7-18-14-11(15)8-10(9-12(14)17-3)5-6-13(19)16-2/h1,8-9H,5-7H2,2-3H3,(H,16,19). The number of methoxy groups -OCH3 is 1. The Balaban J connectivity index is 2.89. The molecule has 0 unspecified atom stereocenters. The van der Waals surface area contributed by atoms with Gasteiger partial charge in [-0.15, -0.1) is 6.42 Å². The zero-order valence-electron chi connectivity index (χ0n) is 11.0. The minimum atomic E-state index is -0.486. The molecule has 0 aliphatic rings. The van der Waals surface area contributed by atoms with Crippen LogP contribution in [0.2, 0.25) is 0 Å². The van der Waals surface area contributed by atoms with E-state index in [9.17, 15) is 4.39 Å². The lowest BCUT2D eigenvalue weighted by Gasteiger charge is -2.12. The van der Waals surface area contributed by atoms with Crippen LogP contribution in [0.25, 0.3) is 0 Å². The van der Waals surface area contributed by atoms with E-state index in [1.165, 1.54) is 13.2 Å². The maximum atomic E-state index is 13.9. The van der Waals surface area contributed by atoms with E-state index in [0.717, 1.165) is 10.6 Å². The van der Waals surface area contributed by atoms with E-state index < -0.39 is 5.82 Å². The number of rotatable bonds is 6. The van der Waals surface area contributed by atoms with Crippen molar-refractivity contribution in [2.24, 2.45) is 0 Å². The number of terminal acetylenes is 1. The fourth-order valence-electron chi connectivity index (χ4n) is 1.55. The predicted molar refractivity (Wildman–Crippen MR) is 77.3 cm³/mol. The molecule has 0 bridgehead atoms. The van der Waals surface area contributed by atoms with Gasteiger partial charge in [-0.05, 0) is 24.1 Å². The molecule has 1 aromatic carbocycles. The molecule has 0 amide bonds. The van der Waals surface area contributed by atoms with Crippen molar-refractivity contribution in [3.8, 4) is 23.8 Å². The van der Waals surface area contributed by atoms with Crippen molar-refractivity contribution in [1.29, 1.82) is 0 Å². The number of hydrogen-bond donors (Lipinski definition) is 1. The molecule has 0 heterocycles. The SMILES string of the molecule is C#CCOc1c(F)cc(CCC(=S)NC)cc1OC. The van der Waals surface area contributed by atoms with Crippen LogP contribution in [0.1, 0.15) is 12.0 Å². The van der Waals surface area contributed by atoms with Crippen LogP contribution in [0.3, 0.4) is 0 Å². The molecular formula is C14H16FNO2S. The Morgan fingerprint density at radius 2 is 2.26 bits per heavy atom. The Kier molecular flexibility index (Phi) is 6.10. The van der Waals surface area contributed by atoms with Crippen molar-refractivity contribution < 1.29 is 13.9 Å². The van der Waals surface area contributed by atoms with E-state index in [1.54, 1.807) is 13.1 Å². The number of benzene rings is 1. The van der Waals surface area contributed by atoms with Crippen LogP contribution in [-0.2, 0) is 6.42 Å². The summed E-state index contributed by atoms with van der Waals surface area (Å²) < 4.78 is 24.2. The van der Waals surface area contributed by atoms with E-state index >= 15 is 0 Å². The summed E-state index contributed by atoms with van der Waals surface area (Å²) in [6.45, 7) is -0.00350. The Labute approximate surface area is 118 Å². The normalized spacial score (nSPS) is 9.58. The monoisotopic (exact) mass is 281 g/mol.